The van der Waals surface area contributed by atoms with E-state index in [2.05, 4.69) is 25.1 Å². The maximum atomic E-state index is 13.5. The van der Waals surface area contributed by atoms with Gasteiger partial charge in [0, 0.05) is 30.4 Å². The standard InChI is InChI=1S/C25H28N6O5S/c1-15-9-18(13-26-10-15)25-30-29-21(31(25)22-19(35-4)7-6-8-20(22)36-5)14-37(33,34)17(3)23(32)24-27-11-16(2)12-28-24/h6-13,17,23,32H,14H2,1-5H3/t17-,23-/m0/s1. The molecule has 3 heterocycles. The largest absolute Gasteiger partial charge is 0.494 e. The Balaban J connectivity index is 1.83. The summed E-state index contributed by atoms with van der Waals surface area (Å²) in [6.45, 7) is 5.11. The van der Waals surface area contributed by atoms with Crippen LogP contribution < -0.4 is 9.47 Å². The second kappa shape index (κ2) is 10.6. The molecule has 0 unspecified atom stereocenters. The predicted octanol–water partition coefficient (Wildman–Crippen LogP) is 2.79. The zero-order valence-electron chi connectivity index (χ0n) is 21.2. The minimum Gasteiger partial charge on any atom is -0.494 e. The van der Waals surface area contributed by atoms with Crippen LogP contribution in [0.25, 0.3) is 17.1 Å². The van der Waals surface area contributed by atoms with Crippen molar-refractivity contribution in [1.82, 2.24) is 29.7 Å². The van der Waals surface area contributed by atoms with Gasteiger partial charge in [-0.2, -0.15) is 0 Å². The molecule has 3 aromatic heterocycles. The number of para-hydroxylation sites is 1. The fraction of sp³-hybridized carbons (Fsp3) is 0.320. The van der Waals surface area contributed by atoms with Gasteiger partial charge >= 0.3 is 0 Å². The monoisotopic (exact) mass is 524 g/mol. The number of pyridine rings is 1. The molecule has 4 aromatic rings. The van der Waals surface area contributed by atoms with Gasteiger partial charge in [0.25, 0.3) is 0 Å². The van der Waals surface area contributed by atoms with Gasteiger partial charge in [0.05, 0.1) is 19.5 Å². The highest BCUT2D eigenvalue weighted by atomic mass is 32.2. The topological polar surface area (TPSA) is 142 Å². The average Bonchev–Trinajstić information content (AvgIpc) is 3.29. The Kier molecular flexibility index (Phi) is 7.50. The number of benzene rings is 1. The van der Waals surface area contributed by atoms with Crippen molar-refractivity contribution in [3.8, 4) is 28.6 Å². The lowest BCUT2D eigenvalue weighted by Crippen LogP contribution is -2.29. The molecule has 37 heavy (non-hydrogen) atoms. The quantitative estimate of drug-likeness (QED) is 0.347. The Bertz CT molecular complexity index is 1480. The Morgan fingerprint density at radius 3 is 2.22 bits per heavy atom. The van der Waals surface area contributed by atoms with Crippen LogP contribution in [-0.2, 0) is 15.6 Å². The molecule has 0 fully saturated rings. The summed E-state index contributed by atoms with van der Waals surface area (Å²) < 4.78 is 39.8. The lowest BCUT2D eigenvalue weighted by atomic mass is 10.2. The van der Waals surface area contributed by atoms with Crippen molar-refractivity contribution < 1.29 is 23.0 Å². The zero-order valence-corrected chi connectivity index (χ0v) is 22.0. The summed E-state index contributed by atoms with van der Waals surface area (Å²) in [6, 6.07) is 7.09. The number of aryl methyl sites for hydroxylation is 2. The number of methoxy groups -OCH3 is 2. The molecular formula is C25H28N6O5S. The van der Waals surface area contributed by atoms with E-state index in [4.69, 9.17) is 9.47 Å². The molecule has 0 saturated carbocycles. The van der Waals surface area contributed by atoms with E-state index >= 15 is 0 Å². The van der Waals surface area contributed by atoms with Gasteiger partial charge in [-0.25, -0.2) is 18.4 Å². The second-order valence-electron chi connectivity index (χ2n) is 8.61. The van der Waals surface area contributed by atoms with Gasteiger partial charge in [0.2, 0.25) is 0 Å². The van der Waals surface area contributed by atoms with Gasteiger partial charge in [-0.05, 0) is 50.1 Å². The number of sulfone groups is 1. The molecule has 1 N–H and O–H groups in total. The van der Waals surface area contributed by atoms with E-state index in [9.17, 15) is 13.5 Å². The van der Waals surface area contributed by atoms with Gasteiger partial charge < -0.3 is 14.6 Å². The molecule has 0 saturated heterocycles. The summed E-state index contributed by atoms with van der Waals surface area (Å²) >= 11 is 0. The molecule has 2 atom stereocenters. The van der Waals surface area contributed by atoms with Gasteiger partial charge in [0.1, 0.15) is 29.0 Å². The van der Waals surface area contributed by atoms with Crippen LogP contribution in [-0.4, -0.2) is 62.7 Å². The Hall–Kier alpha value is -3.90. The maximum absolute atomic E-state index is 13.5. The highest BCUT2D eigenvalue weighted by Gasteiger charge is 2.34. The Morgan fingerprint density at radius 1 is 0.973 bits per heavy atom. The van der Waals surface area contributed by atoms with Crippen LogP contribution in [0, 0.1) is 13.8 Å². The summed E-state index contributed by atoms with van der Waals surface area (Å²) in [7, 11) is -0.954. The molecule has 0 aliphatic heterocycles. The first-order chi connectivity index (χ1) is 17.7. The van der Waals surface area contributed by atoms with Crippen molar-refractivity contribution >= 4 is 9.84 Å². The third-order valence-corrected chi connectivity index (χ3v) is 7.95. The van der Waals surface area contributed by atoms with Crippen LogP contribution in [0.3, 0.4) is 0 Å². The molecule has 0 radical (unpaired) electrons. The third-order valence-electron chi connectivity index (χ3n) is 5.90. The number of aliphatic hydroxyl groups is 1. The molecular weight excluding hydrogens is 496 g/mol. The summed E-state index contributed by atoms with van der Waals surface area (Å²) in [4.78, 5) is 12.4. The van der Waals surface area contributed by atoms with Crippen LogP contribution in [0.4, 0.5) is 0 Å². The molecule has 0 aliphatic carbocycles. The van der Waals surface area contributed by atoms with Crippen molar-refractivity contribution in [1.29, 1.82) is 0 Å². The molecule has 12 heteroatoms. The van der Waals surface area contributed by atoms with E-state index in [0.717, 1.165) is 11.1 Å². The number of rotatable bonds is 9. The number of hydrogen-bond acceptors (Lipinski definition) is 10. The highest BCUT2D eigenvalue weighted by molar-refractivity contribution is 7.91. The van der Waals surface area contributed by atoms with E-state index in [0.29, 0.717) is 28.6 Å². The number of aliphatic hydroxyl groups excluding tert-OH is 1. The van der Waals surface area contributed by atoms with E-state index in [1.54, 1.807) is 42.1 Å². The van der Waals surface area contributed by atoms with Crippen molar-refractivity contribution in [2.75, 3.05) is 14.2 Å². The minimum absolute atomic E-state index is 0.0288. The van der Waals surface area contributed by atoms with Crippen molar-refractivity contribution in [3.63, 3.8) is 0 Å². The molecule has 11 nitrogen and oxygen atoms in total. The zero-order chi connectivity index (χ0) is 26.7. The van der Waals surface area contributed by atoms with Crippen LogP contribution in [0.1, 0.15) is 35.8 Å². The minimum atomic E-state index is -3.97. The second-order valence-corrected chi connectivity index (χ2v) is 11.0. The first-order valence-corrected chi connectivity index (χ1v) is 13.1. The van der Waals surface area contributed by atoms with Crippen molar-refractivity contribution in [2.24, 2.45) is 0 Å². The predicted molar refractivity (Wildman–Crippen MR) is 136 cm³/mol. The SMILES string of the molecule is COc1cccc(OC)c1-n1c(CS(=O)(=O)[C@@H](C)[C@H](O)c2ncc(C)cn2)nnc1-c1cncc(C)c1. The summed E-state index contributed by atoms with van der Waals surface area (Å²) in [5, 5.41) is 18.1. The molecule has 0 aliphatic rings. The molecule has 194 valence electrons. The lowest BCUT2D eigenvalue weighted by molar-refractivity contribution is 0.166. The summed E-state index contributed by atoms with van der Waals surface area (Å²) in [5.41, 5.74) is 2.76. The van der Waals surface area contributed by atoms with E-state index in [1.165, 1.54) is 33.5 Å². The van der Waals surface area contributed by atoms with E-state index < -0.39 is 26.9 Å². The van der Waals surface area contributed by atoms with Crippen LogP contribution in [0.5, 0.6) is 11.5 Å². The summed E-state index contributed by atoms with van der Waals surface area (Å²) in [5.74, 6) is 0.843. The molecule has 0 bridgehead atoms. The van der Waals surface area contributed by atoms with E-state index in [1.807, 2.05) is 13.0 Å². The first kappa shape index (κ1) is 26.2. The van der Waals surface area contributed by atoms with E-state index in [-0.39, 0.29) is 11.6 Å². The van der Waals surface area contributed by atoms with Crippen LogP contribution >= 0.6 is 0 Å². The van der Waals surface area contributed by atoms with Crippen molar-refractivity contribution in [3.05, 3.63) is 71.8 Å². The van der Waals surface area contributed by atoms with Gasteiger partial charge in [0.15, 0.2) is 27.3 Å². The molecule has 0 amide bonds. The fourth-order valence-electron chi connectivity index (χ4n) is 3.83. The van der Waals surface area contributed by atoms with Crippen LogP contribution in [0.15, 0.2) is 49.1 Å². The fourth-order valence-corrected chi connectivity index (χ4v) is 5.16. The smallest absolute Gasteiger partial charge is 0.170 e. The number of hydrogen-bond donors (Lipinski definition) is 1. The molecule has 0 spiro atoms. The van der Waals surface area contributed by atoms with Crippen molar-refractivity contribution in [2.45, 2.75) is 37.9 Å². The third kappa shape index (κ3) is 5.30. The Morgan fingerprint density at radius 2 is 1.62 bits per heavy atom. The van der Waals surface area contributed by atoms with Crippen LogP contribution in [0.2, 0.25) is 0 Å². The normalized spacial score (nSPS) is 13.2. The number of nitrogens with zero attached hydrogens (tertiary/aromatic N) is 6. The number of ether oxygens (including phenoxy) is 2. The first-order valence-electron chi connectivity index (χ1n) is 11.4. The van der Waals surface area contributed by atoms with Gasteiger partial charge in [-0.1, -0.05) is 6.07 Å². The number of aromatic nitrogens is 6. The Labute approximate surface area is 215 Å². The molecule has 4 rings (SSSR count). The average molecular weight is 525 g/mol. The van der Waals surface area contributed by atoms with Gasteiger partial charge in [-0.15, -0.1) is 10.2 Å². The van der Waals surface area contributed by atoms with Gasteiger partial charge in [-0.3, -0.25) is 9.55 Å². The highest BCUT2D eigenvalue weighted by Crippen LogP contribution is 2.37. The molecule has 1 aromatic carbocycles. The maximum Gasteiger partial charge on any atom is 0.170 e. The summed E-state index contributed by atoms with van der Waals surface area (Å²) in [6.07, 6.45) is 4.95. The lowest BCUT2D eigenvalue weighted by Gasteiger charge is -2.20.